The first kappa shape index (κ1) is 14.3. The molecule has 0 aromatic heterocycles. The molecule has 1 aromatic carbocycles. The topological polar surface area (TPSA) is 21.3 Å². The lowest BCUT2D eigenvalue weighted by molar-refractivity contribution is -0.137. The fraction of sp³-hybridized carbons (Fsp3) is 0.571. The van der Waals surface area contributed by atoms with Crippen LogP contribution in [0.5, 0.6) is 0 Å². The molecule has 1 unspecified atom stereocenters. The van der Waals surface area contributed by atoms with Gasteiger partial charge in [-0.05, 0) is 24.6 Å². The van der Waals surface area contributed by atoms with E-state index < -0.39 is 11.7 Å². The Morgan fingerprint density at radius 2 is 1.84 bits per heavy atom. The zero-order valence-corrected chi connectivity index (χ0v) is 11.1. The van der Waals surface area contributed by atoms with Crippen molar-refractivity contribution in [3.05, 3.63) is 35.4 Å². The molecule has 19 heavy (non-hydrogen) atoms. The van der Waals surface area contributed by atoms with Gasteiger partial charge in [-0.3, -0.25) is 0 Å². The fourth-order valence-electron chi connectivity index (χ4n) is 2.03. The molecule has 1 aliphatic heterocycles. The lowest BCUT2D eigenvalue weighted by Crippen LogP contribution is -2.47. The van der Waals surface area contributed by atoms with Crippen LogP contribution in [-0.2, 0) is 10.9 Å². The van der Waals surface area contributed by atoms with E-state index in [9.17, 15) is 13.2 Å². The molecule has 1 aromatic rings. The van der Waals surface area contributed by atoms with E-state index in [-0.39, 0.29) is 11.5 Å². The predicted molar refractivity (Wildman–Crippen MR) is 66.8 cm³/mol. The quantitative estimate of drug-likeness (QED) is 0.908. The summed E-state index contributed by atoms with van der Waals surface area (Å²) >= 11 is 0. The molecule has 2 rings (SSSR count). The van der Waals surface area contributed by atoms with Gasteiger partial charge in [-0.1, -0.05) is 19.1 Å². The van der Waals surface area contributed by atoms with E-state index in [1.54, 1.807) is 0 Å². The summed E-state index contributed by atoms with van der Waals surface area (Å²) in [5.41, 5.74) is 0.403. The first-order valence-electron chi connectivity index (χ1n) is 6.28. The third-order valence-electron chi connectivity index (χ3n) is 3.47. The molecule has 0 amide bonds. The summed E-state index contributed by atoms with van der Waals surface area (Å²) in [5.74, 6) is 0. The zero-order valence-electron chi connectivity index (χ0n) is 11.1. The summed E-state index contributed by atoms with van der Waals surface area (Å²) < 4.78 is 42.5. The van der Waals surface area contributed by atoms with E-state index in [4.69, 9.17) is 4.74 Å². The number of nitrogens with one attached hydrogen (secondary N) is 1. The zero-order chi connectivity index (χ0) is 14.1. The summed E-state index contributed by atoms with van der Waals surface area (Å²) in [4.78, 5) is 0. The van der Waals surface area contributed by atoms with Gasteiger partial charge in [0.2, 0.25) is 0 Å². The molecule has 106 valence electrons. The summed E-state index contributed by atoms with van der Waals surface area (Å²) in [6.45, 7) is 6.35. The Kier molecular flexibility index (Phi) is 3.87. The third-order valence-corrected chi connectivity index (χ3v) is 3.47. The smallest absolute Gasteiger partial charge is 0.380 e. The van der Waals surface area contributed by atoms with Gasteiger partial charge < -0.3 is 10.1 Å². The highest BCUT2D eigenvalue weighted by atomic mass is 19.4. The van der Waals surface area contributed by atoms with Crippen molar-refractivity contribution >= 4 is 0 Å². The molecule has 1 aliphatic rings. The number of halogens is 3. The van der Waals surface area contributed by atoms with Crippen LogP contribution in [0.4, 0.5) is 13.2 Å². The number of hydrogen-bond donors (Lipinski definition) is 1. The number of benzene rings is 1. The summed E-state index contributed by atoms with van der Waals surface area (Å²) in [6, 6.07) is 5.34. The SMILES string of the molecule is CC(NCC1(C)COC1)c1ccc(C(F)(F)F)cc1. The molecule has 1 fully saturated rings. The summed E-state index contributed by atoms with van der Waals surface area (Å²) in [6.07, 6.45) is -4.27. The van der Waals surface area contributed by atoms with E-state index in [0.29, 0.717) is 0 Å². The molecule has 2 nitrogen and oxygen atoms in total. The maximum absolute atomic E-state index is 12.4. The van der Waals surface area contributed by atoms with Crippen LogP contribution in [0.3, 0.4) is 0 Å². The van der Waals surface area contributed by atoms with Crippen LogP contribution in [0.15, 0.2) is 24.3 Å². The van der Waals surface area contributed by atoms with Gasteiger partial charge in [0.15, 0.2) is 0 Å². The Balaban J connectivity index is 1.93. The summed E-state index contributed by atoms with van der Waals surface area (Å²) in [7, 11) is 0. The van der Waals surface area contributed by atoms with Crippen LogP contribution in [0, 0.1) is 5.41 Å². The number of alkyl halides is 3. The molecule has 5 heteroatoms. The minimum atomic E-state index is -4.27. The molecule has 0 aliphatic carbocycles. The van der Waals surface area contributed by atoms with E-state index >= 15 is 0 Å². The molecule has 1 heterocycles. The second kappa shape index (κ2) is 5.13. The lowest BCUT2D eigenvalue weighted by Gasteiger charge is -2.39. The molecule has 0 radical (unpaired) electrons. The van der Waals surface area contributed by atoms with E-state index in [2.05, 4.69) is 12.2 Å². The minimum Gasteiger partial charge on any atom is -0.380 e. The van der Waals surface area contributed by atoms with Crippen LogP contribution >= 0.6 is 0 Å². The Hall–Kier alpha value is -1.07. The molecule has 1 saturated heterocycles. The Morgan fingerprint density at radius 1 is 1.26 bits per heavy atom. The van der Waals surface area contributed by atoms with Crippen LogP contribution in [-0.4, -0.2) is 19.8 Å². The van der Waals surface area contributed by atoms with Crippen molar-refractivity contribution in [3.8, 4) is 0 Å². The maximum Gasteiger partial charge on any atom is 0.416 e. The van der Waals surface area contributed by atoms with Crippen molar-refractivity contribution in [3.63, 3.8) is 0 Å². The lowest BCUT2D eigenvalue weighted by atomic mass is 9.88. The highest BCUT2D eigenvalue weighted by molar-refractivity contribution is 5.26. The second-order valence-corrected chi connectivity index (χ2v) is 5.53. The van der Waals surface area contributed by atoms with Crippen molar-refractivity contribution in [1.29, 1.82) is 0 Å². The van der Waals surface area contributed by atoms with Crippen LogP contribution in [0.1, 0.15) is 31.0 Å². The second-order valence-electron chi connectivity index (χ2n) is 5.53. The van der Waals surface area contributed by atoms with Crippen LogP contribution < -0.4 is 5.32 Å². The van der Waals surface area contributed by atoms with Gasteiger partial charge in [-0.25, -0.2) is 0 Å². The van der Waals surface area contributed by atoms with E-state index in [0.717, 1.165) is 37.5 Å². The first-order chi connectivity index (χ1) is 8.80. The monoisotopic (exact) mass is 273 g/mol. The minimum absolute atomic E-state index is 0.0275. The molecule has 0 saturated carbocycles. The van der Waals surface area contributed by atoms with Gasteiger partial charge in [0.25, 0.3) is 0 Å². The van der Waals surface area contributed by atoms with Crippen LogP contribution in [0.2, 0.25) is 0 Å². The average Bonchev–Trinajstić information content (AvgIpc) is 2.33. The molecule has 0 bridgehead atoms. The predicted octanol–water partition coefficient (Wildman–Crippen LogP) is 3.39. The first-order valence-corrected chi connectivity index (χ1v) is 6.28. The molecule has 1 atom stereocenters. The number of hydrogen-bond acceptors (Lipinski definition) is 2. The van der Waals surface area contributed by atoms with Crippen molar-refractivity contribution in [2.75, 3.05) is 19.8 Å². The van der Waals surface area contributed by atoms with Crippen LogP contribution in [0.25, 0.3) is 0 Å². The Morgan fingerprint density at radius 3 is 2.26 bits per heavy atom. The van der Waals surface area contributed by atoms with Gasteiger partial charge in [0.1, 0.15) is 0 Å². The Bertz CT molecular complexity index is 423. The summed E-state index contributed by atoms with van der Waals surface area (Å²) in [5, 5.41) is 3.34. The van der Waals surface area contributed by atoms with Crippen molar-refractivity contribution in [1.82, 2.24) is 5.32 Å². The molecular weight excluding hydrogens is 255 g/mol. The molecule has 1 N–H and O–H groups in total. The third kappa shape index (κ3) is 3.48. The molecule has 0 spiro atoms. The van der Waals surface area contributed by atoms with Gasteiger partial charge in [-0.2, -0.15) is 13.2 Å². The number of ether oxygens (including phenoxy) is 1. The normalized spacial score (nSPS) is 19.8. The van der Waals surface area contributed by atoms with Gasteiger partial charge in [0, 0.05) is 18.0 Å². The van der Waals surface area contributed by atoms with Gasteiger partial charge in [0.05, 0.1) is 18.8 Å². The fourth-order valence-corrected chi connectivity index (χ4v) is 2.03. The number of rotatable bonds is 4. The van der Waals surface area contributed by atoms with Gasteiger partial charge in [-0.15, -0.1) is 0 Å². The van der Waals surface area contributed by atoms with Gasteiger partial charge >= 0.3 is 6.18 Å². The standard InChI is InChI=1S/C14H18F3NO/c1-10(18-7-13(2)8-19-9-13)11-3-5-12(6-4-11)14(15,16)17/h3-6,10,18H,7-9H2,1-2H3. The maximum atomic E-state index is 12.4. The largest absolute Gasteiger partial charge is 0.416 e. The van der Waals surface area contributed by atoms with E-state index in [1.807, 2.05) is 6.92 Å². The van der Waals surface area contributed by atoms with Crippen molar-refractivity contribution < 1.29 is 17.9 Å². The van der Waals surface area contributed by atoms with Crippen molar-refractivity contribution in [2.45, 2.75) is 26.1 Å². The molecular formula is C14H18F3NO. The highest BCUT2D eigenvalue weighted by Crippen LogP contribution is 2.30. The average molecular weight is 273 g/mol. The highest BCUT2D eigenvalue weighted by Gasteiger charge is 2.33. The van der Waals surface area contributed by atoms with Crippen molar-refractivity contribution in [2.24, 2.45) is 5.41 Å². The Labute approximate surface area is 111 Å². The van der Waals surface area contributed by atoms with E-state index in [1.165, 1.54) is 12.1 Å².